The molecule has 1 aromatic heterocycles. The first kappa shape index (κ1) is 11.6. The third-order valence-electron chi connectivity index (χ3n) is 1.95. The molecular formula is C10H4F5NO. The van der Waals surface area contributed by atoms with Gasteiger partial charge in [-0.05, 0) is 18.2 Å². The Morgan fingerprint density at radius 3 is 2.29 bits per heavy atom. The van der Waals surface area contributed by atoms with E-state index in [1.54, 1.807) is 0 Å². The Kier molecular flexibility index (Phi) is 2.60. The Balaban J connectivity index is 2.40. The molecule has 0 spiro atoms. The average Bonchev–Trinajstić information content (AvgIpc) is 2.70. The highest BCUT2D eigenvalue weighted by atomic mass is 19.4. The normalized spacial score (nSPS) is 11.8. The molecule has 0 radical (unpaired) electrons. The van der Waals surface area contributed by atoms with Crippen LogP contribution in [0.25, 0.3) is 11.3 Å². The molecule has 7 heteroatoms. The van der Waals surface area contributed by atoms with E-state index in [0.29, 0.717) is 0 Å². The van der Waals surface area contributed by atoms with Gasteiger partial charge in [-0.3, -0.25) is 0 Å². The molecule has 0 atom stereocenters. The van der Waals surface area contributed by atoms with Gasteiger partial charge in [0, 0.05) is 5.56 Å². The van der Waals surface area contributed by atoms with E-state index < -0.39 is 23.7 Å². The van der Waals surface area contributed by atoms with E-state index in [1.807, 2.05) is 0 Å². The highest BCUT2D eigenvalue weighted by Gasteiger charge is 2.37. The molecule has 0 saturated carbocycles. The Morgan fingerprint density at radius 2 is 1.76 bits per heavy atom. The third-order valence-corrected chi connectivity index (χ3v) is 1.95. The van der Waals surface area contributed by atoms with Gasteiger partial charge < -0.3 is 4.42 Å². The lowest BCUT2D eigenvalue weighted by molar-refractivity contribution is -0.156. The standard InChI is InChI=1S/C10H4F5NO/c11-6-2-1-5(3-7(6)12)8-4-16-9(17-8)10(13,14)15/h1-4H. The van der Waals surface area contributed by atoms with E-state index in [9.17, 15) is 22.0 Å². The maximum absolute atomic E-state index is 12.8. The number of hydrogen-bond acceptors (Lipinski definition) is 2. The van der Waals surface area contributed by atoms with Gasteiger partial charge in [0.1, 0.15) is 0 Å². The minimum absolute atomic E-state index is 0.0214. The van der Waals surface area contributed by atoms with Crippen LogP contribution < -0.4 is 0 Å². The highest BCUT2D eigenvalue weighted by Crippen LogP contribution is 2.31. The molecule has 2 aromatic rings. The monoisotopic (exact) mass is 249 g/mol. The van der Waals surface area contributed by atoms with Crippen LogP contribution in [-0.2, 0) is 6.18 Å². The number of alkyl halides is 3. The SMILES string of the molecule is Fc1ccc(-c2cnc(C(F)(F)F)o2)cc1F. The van der Waals surface area contributed by atoms with E-state index in [1.165, 1.54) is 0 Å². The molecule has 0 aliphatic rings. The van der Waals surface area contributed by atoms with Gasteiger partial charge in [0.15, 0.2) is 17.4 Å². The van der Waals surface area contributed by atoms with Crippen molar-refractivity contribution in [2.45, 2.75) is 6.18 Å². The van der Waals surface area contributed by atoms with Crippen LogP contribution in [0.3, 0.4) is 0 Å². The zero-order valence-corrected chi connectivity index (χ0v) is 8.05. The summed E-state index contributed by atoms with van der Waals surface area (Å²) in [6.45, 7) is 0. The van der Waals surface area contributed by atoms with Crippen LogP contribution in [0.15, 0.2) is 28.8 Å². The van der Waals surface area contributed by atoms with Crippen molar-refractivity contribution in [2.75, 3.05) is 0 Å². The first-order valence-electron chi connectivity index (χ1n) is 4.36. The second-order valence-electron chi connectivity index (χ2n) is 3.16. The molecule has 0 aliphatic carbocycles. The third kappa shape index (κ3) is 2.27. The minimum Gasteiger partial charge on any atom is -0.433 e. The molecule has 0 bridgehead atoms. The van der Waals surface area contributed by atoms with Gasteiger partial charge in [0.25, 0.3) is 0 Å². The van der Waals surface area contributed by atoms with E-state index in [-0.39, 0.29) is 11.3 Å². The molecule has 90 valence electrons. The van der Waals surface area contributed by atoms with Gasteiger partial charge in [0.2, 0.25) is 0 Å². The summed E-state index contributed by atoms with van der Waals surface area (Å²) in [7, 11) is 0. The minimum atomic E-state index is -4.71. The van der Waals surface area contributed by atoms with Gasteiger partial charge >= 0.3 is 12.1 Å². The Morgan fingerprint density at radius 1 is 1.06 bits per heavy atom. The molecule has 0 unspecified atom stereocenters. The lowest BCUT2D eigenvalue weighted by Crippen LogP contribution is -2.04. The number of nitrogens with zero attached hydrogens (tertiary/aromatic N) is 1. The summed E-state index contributed by atoms with van der Waals surface area (Å²) in [5, 5.41) is 0. The predicted molar refractivity (Wildman–Crippen MR) is 46.9 cm³/mol. The average molecular weight is 249 g/mol. The second-order valence-corrected chi connectivity index (χ2v) is 3.16. The van der Waals surface area contributed by atoms with E-state index in [2.05, 4.69) is 9.40 Å². The van der Waals surface area contributed by atoms with Crippen LogP contribution in [-0.4, -0.2) is 4.98 Å². The maximum Gasteiger partial charge on any atom is 0.468 e. The first-order chi connectivity index (χ1) is 7.88. The molecule has 0 amide bonds. The van der Waals surface area contributed by atoms with Crippen molar-refractivity contribution in [2.24, 2.45) is 0 Å². The van der Waals surface area contributed by atoms with E-state index in [0.717, 1.165) is 24.4 Å². The zero-order chi connectivity index (χ0) is 12.6. The lowest BCUT2D eigenvalue weighted by atomic mass is 10.2. The van der Waals surface area contributed by atoms with Crippen LogP contribution in [0.4, 0.5) is 22.0 Å². The summed E-state index contributed by atoms with van der Waals surface area (Å²) in [4.78, 5) is 3.01. The van der Waals surface area contributed by atoms with Gasteiger partial charge in [-0.2, -0.15) is 13.2 Å². The Hall–Kier alpha value is -1.92. The van der Waals surface area contributed by atoms with E-state index in [4.69, 9.17) is 0 Å². The van der Waals surface area contributed by atoms with Crippen molar-refractivity contribution in [3.05, 3.63) is 41.9 Å². The van der Waals surface area contributed by atoms with Crippen LogP contribution in [0.1, 0.15) is 5.89 Å². The number of aromatic nitrogens is 1. The molecule has 0 aliphatic heterocycles. The molecule has 17 heavy (non-hydrogen) atoms. The van der Waals surface area contributed by atoms with Gasteiger partial charge in [-0.25, -0.2) is 13.8 Å². The molecule has 1 heterocycles. The largest absolute Gasteiger partial charge is 0.468 e. The molecule has 2 rings (SSSR count). The summed E-state index contributed by atoms with van der Waals surface area (Å²) in [5.41, 5.74) is -0.0214. The van der Waals surface area contributed by atoms with Crippen LogP contribution in [0.5, 0.6) is 0 Å². The number of halogens is 5. The fourth-order valence-corrected chi connectivity index (χ4v) is 1.19. The van der Waals surface area contributed by atoms with Crippen LogP contribution >= 0.6 is 0 Å². The predicted octanol–water partition coefficient (Wildman–Crippen LogP) is 3.64. The van der Waals surface area contributed by atoms with Crippen LogP contribution in [0, 0.1) is 11.6 Å². The maximum atomic E-state index is 12.8. The van der Waals surface area contributed by atoms with Crippen molar-refractivity contribution in [3.8, 4) is 11.3 Å². The van der Waals surface area contributed by atoms with Crippen molar-refractivity contribution >= 4 is 0 Å². The molecular weight excluding hydrogens is 245 g/mol. The number of oxazole rings is 1. The molecule has 0 N–H and O–H groups in total. The fourth-order valence-electron chi connectivity index (χ4n) is 1.19. The quantitative estimate of drug-likeness (QED) is 0.721. The van der Waals surface area contributed by atoms with Gasteiger partial charge in [-0.15, -0.1) is 0 Å². The lowest BCUT2D eigenvalue weighted by Gasteiger charge is -2.00. The second kappa shape index (κ2) is 3.83. The molecule has 1 aromatic carbocycles. The fraction of sp³-hybridized carbons (Fsp3) is 0.100. The number of benzene rings is 1. The first-order valence-corrected chi connectivity index (χ1v) is 4.36. The summed E-state index contributed by atoms with van der Waals surface area (Å²) in [5.74, 6) is -3.98. The van der Waals surface area contributed by atoms with Crippen molar-refractivity contribution in [1.82, 2.24) is 4.98 Å². The van der Waals surface area contributed by atoms with Gasteiger partial charge in [-0.1, -0.05) is 0 Å². The zero-order valence-electron chi connectivity index (χ0n) is 8.05. The topological polar surface area (TPSA) is 26.0 Å². The number of rotatable bonds is 1. The number of hydrogen-bond donors (Lipinski definition) is 0. The summed E-state index contributed by atoms with van der Waals surface area (Å²) in [6.07, 6.45) is -3.91. The van der Waals surface area contributed by atoms with Crippen molar-refractivity contribution in [1.29, 1.82) is 0 Å². The molecule has 0 saturated heterocycles. The Bertz CT molecular complexity index is 546. The Labute approximate surface area is 91.7 Å². The van der Waals surface area contributed by atoms with E-state index >= 15 is 0 Å². The smallest absolute Gasteiger partial charge is 0.433 e. The molecule has 2 nitrogen and oxygen atoms in total. The summed E-state index contributed by atoms with van der Waals surface area (Å²) in [6, 6.07) is 2.62. The highest BCUT2D eigenvalue weighted by molar-refractivity contribution is 5.56. The van der Waals surface area contributed by atoms with Gasteiger partial charge in [0.05, 0.1) is 6.20 Å². The molecule has 0 fully saturated rings. The summed E-state index contributed by atoms with van der Waals surface area (Å²) >= 11 is 0. The summed E-state index contributed by atoms with van der Waals surface area (Å²) < 4.78 is 66.4. The van der Waals surface area contributed by atoms with Crippen molar-refractivity contribution in [3.63, 3.8) is 0 Å². The van der Waals surface area contributed by atoms with Crippen molar-refractivity contribution < 1.29 is 26.4 Å². The van der Waals surface area contributed by atoms with Crippen LogP contribution in [0.2, 0.25) is 0 Å².